The number of rotatable bonds is 4. The molecule has 2 aromatic heterocycles. The third-order valence-corrected chi connectivity index (χ3v) is 4.43. The van der Waals surface area contributed by atoms with Gasteiger partial charge in [0.25, 0.3) is 0 Å². The quantitative estimate of drug-likeness (QED) is 0.857. The highest BCUT2D eigenvalue weighted by Gasteiger charge is 2.30. The van der Waals surface area contributed by atoms with Crippen molar-refractivity contribution in [2.24, 2.45) is 0 Å². The molecule has 1 atom stereocenters. The highest BCUT2D eigenvalue weighted by Crippen LogP contribution is 2.32. The summed E-state index contributed by atoms with van der Waals surface area (Å²) in [6.45, 7) is 8.30. The highest BCUT2D eigenvalue weighted by molar-refractivity contribution is 5.35. The van der Waals surface area contributed by atoms with E-state index in [1.807, 2.05) is 29.7 Å². The third kappa shape index (κ3) is 3.40. The molecule has 3 rings (SSSR count). The van der Waals surface area contributed by atoms with E-state index in [1.165, 1.54) is 6.42 Å². The van der Waals surface area contributed by atoms with Crippen molar-refractivity contribution >= 4 is 5.82 Å². The summed E-state index contributed by atoms with van der Waals surface area (Å²) in [5.41, 5.74) is 0.980. The Morgan fingerprint density at radius 1 is 1.21 bits per heavy atom. The topological polar surface area (TPSA) is 63.0 Å². The lowest BCUT2D eigenvalue weighted by Crippen LogP contribution is -2.30. The van der Waals surface area contributed by atoms with Gasteiger partial charge in [0.2, 0.25) is 0 Å². The van der Waals surface area contributed by atoms with Gasteiger partial charge in [-0.25, -0.2) is 9.67 Å². The van der Waals surface area contributed by atoms with Crippen LogP contribution >= 0.6 is 0 Å². The van der Waals surface area contributed by atoms with Crippen molar-refractivity contribution in [3.8, 4) is 0 Å². The van der Waals surface area contributed by atoms with Gasteiger partial charge in [-0.05, 0) is 52.3 Å². The minimum Gasteiger partial charge on any atom is -0.361 e. The Labute approximate surface area is 143 Å². The van der Waals surface area contributed by atoms with Gasteiger partial charge in [0.15, 0.2) is 5.82 Å². The first-order valence-electron chi connectivity index (χ1n) is 8.50. The maximum Gasteiger partial charge on any atom is 0.150 e. The van der Waals surface area contributed by atoms with Crippen LogP contribution < -0.4 is 4.90 Å². The van der Waals surface area contributed by atoms with E-state index < -0.39 is 0 Å². The smallest absolute Gasteiger partial charge is 0.150 e. The number of anilines is 1. The van der Waals surface area contributed by atoms with E-state index in [9.17, 15) is 0 Å². The van der Waals surface area contributed by atoms with Crippen molar-refractivity contribution in [2.45, 2.75) is 51.7 Å². The van der Waals surface area contributed by atoms with Crippen LogP contribution in [0.25, 0.3) is 0 Å². The largest absolute Gasteiger partial charge is 0.361 e. The maximum atomic E-state index is 4.48. The summed E-state index contributed by atoms with van der Waals surface area (Å²) in [6, 6.07) is 4.44. The number of likely N-dealkylation sites (tertiary alicyclic amines) is 1. The number of nitrogens with zero attached hydrogens (tertiary/aromatic N) is 7. The van der Waals surface area contributed by atoms with Gasteiger partial charge in [0, 0.05) is 14.1 Å². The lowest BCUT2D eigenvalue weighted by Gasteiger charge is -2.26. The molecule has 1 aliphatic heterocycles. The molecule has 0 N–H and O–H groups in total. The standard InChI is InChI=1S/C17H27N7/c1-17(2,3)24-16(18-12-19-24)11-23-10-6-7-14(23)13-8-9-15(21-20-13)22(4)5/h8-9,12,14H,6-7,10-11H2,1-5H3. The molecule has 7 nitrogen and oxygen atoms in total. The Hall–Kier alpha value is -2.02. The van der Waals surface area contributed by atoms with Gasteiger partial charge >= 0.3 is 0 Å². The normalized spacial score (nSPS) is 19.0. The molecule has 0 radical (unpaired) electrons. The molecule has 7 heteroatoms. The molecule has 130 valence electrons. The zero-order valence-corrected chi connectivity index (χ0v) is 15.3. The molecule has 0 aliphatic carbocycles. The van der Waals surface area contributed by atoms with Gasteiger partial charge in [0.05, 0.1) is 23.8 Å². The SMILES string of the molecule is CN(C)c1ccc(C2CCCN2Cc2ncnn2C(C)(C)C)nn1. The molecule has 0 aromatic carbocycles. The van der Waals surface area contributed by atoms with E-state index >= 15 is 0 Å². The van der Waals surface area contributed by atoms with Crippen molar-refractivity contribution in [2.75, 3.05) is 25.5 Å². The summed E-state index contributed by atoms with van der Waals surface area (Å²) in [5.74, 6) is 1.89. The third-order valence-electron chi connectivity index (χ3n) is 4.43. The molecular weight excluding hydrogens is 302 g/mol. The number of hydrogen-bond donors (Lipinski definition) is 0. The van der Waals surface area contributed by atoms with E-state index in [0.717, 1.165) is 36.8 Å². The molecule has 1 aliphatic rings. The zero-order chi connectivity index (χ0) is 17.3. The lowest BCUT2D eigenvalue weighted by molar-refractivity contribution is 0.221. The molecule has 1 fully saturated rings. The second-order valence-corrected chi connectivity index (χ2v) is 7.60. The van der Waals surface area contributed by atoms with Crippen LogP contribution in [0.5, 0.6) is 0 Å². The average molecular weight is 329 g/mol. The highest BCUT2D eigenvalue weighted by atomic mass is 15.4. The van der Waals surface area contributed by atoms with Crippen LogP contribution in [0.1, 0.15) is 51.2 Å². The molecule has 0 bridgehead atoms. The number of aromatic nitrogens is 5. The van der Waals surface area contributed by atoms with Crippen LogP contribution in [0, 0.1) is 0 Å². The van der Waals surface area contributed by atoms with Crippen molar-refractivity contribution in [1.29, 1.82) is 0 Å². The second-order valence-electron chi connectivity index (χ2n) is 7.60. The van der Waals surface area contributed by atoms with Crippen LogP contribution in [0.15, 0.2) is 18.5 Å². The maximum absolute atomic E-state index is 4.48. The minimum atomic E-state index is -0.0613. The summed E-state index contributed by atoms with van der Waals surface area (Å²) in [5, 5.41) is 13.2. The summed E-state index contributed by atoms with van der Waals surface area (Å²) >= 11 is 0. The van der Waals surface area contributed by atoms with Crippen LogP contribution in [0.3, 0.4) is 0 Å². The van der Waals surface area contributed by atoms with Crippen LogP contribution in [0.4, 0.5) is 5.82 Å². The predicted octanol–water partition coefficient (Wildman–Crippen LogP) is 2.23. The van der Waals surface area contributed by atoms with Crippen molar-refractivity contribution in [3.05, 3.63) is 30.0 Å². The van der Waals surface area contributed by atoms with Crippen LogP contribution in [-0.2, 0) is 12.1 Å². The average Bonchev–Trinajstić information content (AvgIpc) is 3.16. The minimum absolute atomic E-state index is 0.0613. The van der Waals surface area contributed by atoms with Crippen molar-refractivity contribution < 1.29 is 0 Å². The Balaban J connectivity index is 1.78. The Bertz CT molecular complexity index is 669. The van der Waals surface area contributed by atoms with Gasteiger partial charge in [-0.1, -0.05) is 0 Å². The fourth-order valence-corrected chi connectivity index (χ4v) is 3.22. The first kappa shape index (κ1) is 16.8. The van der Waals surface area contributed by atoms with Crippen LogP contribution in [0.2, 0.25) is 0 Å². The lowest BCUT2D eigenvalue weighted by atomic mass is 10.1. The van der Waals surface area contributed by atoms with Crippen LogP contribution in [-0.4, -0.2) is 50.5 Å². The molecule has 0 amide bonds. The number of hydrogen-bond acceptors (Lipinski definition) is 6. The molecule has 3 heterocycles. The Kier molecular flexibility index (Phi) is 4.54. The molecular formula is C17H27N7. The van der Waals surface area contributed by atoms with Crippen molar-refractivity contribution in [1.82, 2.24) is 29.9 Å². The summed E-state index contributed by atoms with van der Waals surface area (Å²) < 4.78 is 2.02. The van der Waals surface area contributed by atoms with Gasteiger partial charge < -0.3 is 4.90 Å². The molecule has 24 heavy (non-hydrogen) atoms. The summed E-state index contributed by atoms with van der Waals surface area (Å²) in [6.07, 6.45) is 3.93. The van der Waals surface area contributed by atoms with E-state index in [0.29, 0.717) is 6.04 Å². The summed E-state index contributed by atoms with van der Waals surface area (Å²) in [4.78, 5) is 8.88. The molecule has 1 saturated heterocycles. The summed E-state index contributed by atoms with van der Waals surface area (Å²) in [7, 11) is 3.95. The van der Waals surface area contributed by atoms with Crippen molar-refractivity contribution in [3.63, 3.8) is 0 Å². The molecule has 0 saturated carbocycles. The van der Waals surface area contributed by atoms with E-state index in [4.69, 9.17) is 0 Å². The van der Waals surface area contributed by atoms with Gasteiger partial charge in [0.1, 0.15) is 12.2 Å². The molecule has 0 spiro atoms. The van der Waals surface area contributed by atoms with Gasteiger partial charge in [-0.3, -0.25) is 4.90 Å². The van der Waals surface area contributed by atoms with E-state index in [1.54, 1.807) is 6.33 Å². The monoisotopic (exact) mass is 329 g/mol. The van der Waals surface area contributed by atoms with E-state index in [-0.39, 0.29) is 5.54 Å². The molecule has 2 aromatic rings. The second kappa shape index (κ2) is 6.47. The fourth-order valence-electron chi connectivity index (χ4n) is 3.22. The van der Waals surface area contributed by atoms with E-state index in [2.05, 4.69) is 52.0 Å². The van der Waals surface area contributed by atoms with Gasteiger partial charge in [-0.15, -0.1) is 5.10 Å². The van der Waals surface area contributed by atoms with Gasteiger partial charge in [-0.2, -0.15) is 10.2 Å². The Morgan fingerprint density at radius 3 is 2.62 bits per heavy atom. The zero-order valence-electron chi connectivity index (χ0n) is 15.3. The fraction of sp³-hybridized carbons (Fsp3) is 0.647. The Morgan fingerprint density at radius 2 is 2.00 bits per heavy atom. The first-order valence-corrected chi connectivity index (χ1v) is 8.50. The molecule has 1 unspecified atom stereocenters. The first-order chi connectivity index (χ1) is 11.4. The predicted molar refractivity (Wildman–Crippen MR) is 93.8 cm³/mol.